The zero-order chi connectivity index (χ0) is 6.15. The molecular formula is C5H10INO. The summed E-state index contributed by atoms with van der Waals surface area (Å²) in [6.45, 7) is 1.04. The SMILES string of the molecule is CN1CC[C@@H](O)[C@@H]1I. The molecule has 0 amide bonds. The number of nitrogens with zero attached hydrogens (tertiary/aromatic N) is 1. The summed E-state index contributed by atoms with van der Waals surface area (Å²) < 4.78 is 0.340. The van der Waals surface area contributed by atoms with Crippen molar-refractivity contribution in [3.05, 3.63) is 0 Å². The molecule has 0 aliphatic carbocycles. The summed E-state index contributed by atoms with van der Waals surface area (Å²) in [7, 11) is 2.04. The molecule has 2 atom stereocenters. The lowest BCUT2D eigenvalue weighted by Gasteiger charge is -2.13. The van der Waals surface area contributed by atoms with Crippen LogP contribution in [0.15, 0.2) is 0 Å². The molecule has 0 bridgehead atoms. The molecule has 48 valence electrons. The maximum Gasteiger partial charge on any atom is 0.0879 e. The molecule has 1 heterocycles. The highest BCUT2D eigenvalue weighted by Crippen LogP contribution is 2.20. The van der Waals surface area contributed by atoms with Crippen molar-refractivity contribution in [1.82, 2.24) is 4.90 Å². The Bertz CT molecular complexity index is 78.5. The molecule has 1 rings (SSSR count). The van der Waals surface area contributed by atoms with E-state index in [4.69, 9.17) is 5.11 Å². The first kappa shape index (κ1) is 6.77. The van der Waals surface area contributed by atoms with E-state index in [0.717, 1.165) is 13.0 Å². The van der Waals surface area contributed by atoms with Crippen molar-refractivity contribution in [3.63, 3.8) is 0 Å². The van der Waals surface area contributed by atoms with E-state index in [1.165, 1.54) is 0 Å². The topological polar surface area (TPSA) is 23.5 Å². The van der Waals surface area contributed by atoms with Crippen LogP contribution in [0.1, 0.15) is 6.42 Å². The predicted molar refractivity (Wildman–Crippen MR) is 41.1 cm³/mol. The van der Waals surface area contributed by atoms with Gasteiger partial charge in [-0.2, -0.15) is 0 Å². The summed E-state index contributed by atoms with van der Waals surface area (Å²) >= 11 is 2.26. The number of halogens is 1. The van der Waals surface area contributed by atoms with E-state index in [-0.39, 0.29) is 6.10 Å². The summed E-state index contributed by atoms with van der Waals surface area (Å²) in [6.07, 6.45) is 0.838. The van der Waals surface area contributed by atoms with Crippen LogP contribution >= 0.6 is 22.6 Å². The number of hydrogen-bond donors (Lipinski definition) is 1. The molecule has 2 nitrogen and oxygen atoms in total. The molecular weight excluding hydrogens is 217 g/mol. The molecule has 0 aromatic heterocycles. The van der Waals surface area contributed by atoms with Crippen LogP contribution in [0.3, 0.4) is 0 Å². The summed E-state index contributed by atoms with van der Waals surface area (Å²) in [5, 5.41) is 9.12. The Balaban J connectivity index is 2.44. The van der Waals surface area contributed by atoms with E-state index in [0.29, 0.717) is 4.05 Å². The minimum absolute atomic E-state index is 0.0967. The molecule has 3 heteroatoms. The molecule has 0 aromatic rings. The minimum atomic E-state index is -0.0967. The Hall–Kier alpha value is 0.650. The van der Waals surface area contributed by atoms with Gasteiger partial charge >= 0.3 is 0 Å². The van der Waals surface area contributed by atoms with Crippen molar-refractivity contribution in [3.8, 4) is 0 Å². The van der Waals surface area contributed by atoms with Crippen LogP contribution < -0.4 is 0 Å². The lowest BCUT2D eigenvalue weighted by Crippen LogP contribution is -2.25. The summed E-state index contributed by atoms with van der Waals surface area (Å²) in [5.74, 6) is 0. The van der Waals surface area contributed by atoms with Crippen molar-refractivity contribution in [1.29, 1.82) is 0 Å². The van der Waals surface area contributed by atoms with Gasteiger partial charge in [-0.1, -0.05) is 22.6 Å². The highest BCUT2D eigenvalue weighted by atomic mass is 127. The first-order chi connectivity index (χ1) is 3.72. The fourth-order valence-electron chi connectivity index (χ4n) is 0.891. The minimum Gasteiger partial charge on any atom is -0.391 e. The maximum atomic E-state index is 9.12. The Morgan fingerprint density at radius 3 is 2.50 bits per heavy atom. The van der Waals surface area contributed by atoms with E-state index < -0.39 is 0 Å². The fourth-order valence-corrected chi connectivity index (χ4v) is 1.53. The van der Waals surface area contributed by atoms with Gasteiger partial charge in [0.2, 0.25) is 0 Å². The lowest BCUT2D eigenvalue weighted by atomic mass is 10.3. The number of aliphatic hydroxyl groups excluding tert-OH is 1. The second kappa shape index (κ2) is 2.49. The van der Waals surface area contributed by atoms with Crippen LogP contribution in [0, 0.1) is 0 Å². The molecule has 0 unspecified atom stereocenters. The van der Waals surface area contributed by atoms with Gasteiger partial charge in [0.25, 0.3) is 0 Å². The summed E-state index contributed by atoms with van der Waals surface area (Å²) in [6, 6.07) is 0. The van der Waals surface area contributed by atoms with E-state index in [9.17, 15) is 0 Å². The third-order valence-electron chi connectivity index (χ3n) is 1.52. The molecule has 0 aromatic carbocycles. The Kier molecular flexibility index (Phi) is 2.11. The molecule has 0 spiro atoms. The third kappa shape index (κ3) is 1.14. The Morgan fingerprint density at radius 2 is 2.38 bits per heavy atom. The maximum absolute atomic E-state index is 9.12. The molecule has 1 aliphatic heterocycles. The van der Waals surface area contributed by atoms with Crippen molar-refractivity contribution in [2.24, 2.45) is 0 Å². The number of rotatable bonds is 0. The van der Waals surface area contributed by atoms with Crippen LogP contribution in [-0.4, -0.2) is 33.8 Å². The zero-order valence-corrected chi connectivity index (χ0v) is 7.00. The van der Waals surface area contributed by atoms with Gasteiger partial charge in [-0.15, -0.1) is 0 Å². The van der Waals surface area contributed by atoms with Crippen molar-refractivity contribution >= 4 is 22.6 Å². The van der Waals surface area contributed by atoms with Gasteiger partial charge in [0.1, 0.15) is 0 Å². The van der Waals surface area contributed by atoms with Crippen LogP contribution in [0.25, 0.3) is 0 Å². The van der Waals surface area contributed by atoms with Gasteiger partial charge in [-0.05, 0) is 13.5 Å². The van der Waals surface area contributed by atoms with Crippen LogP contribution in [0.4, 0.5) is 0 Å². The van der Waals surface area contributed by atoms with E-state index >= 15 is 0 Å². The number of hydrogen-bond acceptors (Lipinski definition) is 2. The largest absolute Gasteiger partial charge is 0.391 e. The second-order valence-corrected chi connectivity index (χ2v) is 3.49. The zero-order valence-electron chi connectivity index (χ0n) is 4.84. The normalized spacial score (nSPS) is 40.9. The summed E-state index contributed by atoms with van der Waals surface area (Å²) in [4.78, 5) is 2.16. The lowest BCUT2D eigenvalue weighted by molar-refractivity contribution is 0.175. The Morgan fingerprint density at radius 1 is 1.75 bits per heavy atom. The standard InChI is InChI=1S/C5H10INO/c1-7-3-2-4(8)5(7)6/h4-5,8H,2-3H2,1H3/t4-,5-/m1/s1. The average Bonchev–Trinajstić information content (AvgIpc) is 1.98. The number of aliphatic hydroxyl groups is 1. The molecule has 0 saturated carbocycles. The monoisotopic (exact) mass is 227 g/mol. The highest BCUT2D eigenvalue weighted by Gasteiger charge is 2.26. The smallest absolute Gasteiger partial charge is 0.0879 e. The molecule has 1 N–H and O–H groups in total. The third-order valence-corrected chi connectivity index (χ3v) is 3.30. The molecule has 1 saturated heterocycles. The average molecular weight is 227 g/mol. The quantitative estimate of drug-likeness (QED) is 0.369. The first-order valence-electron chi connectivity index (χ1n) is 2.74. The van der Waals surface area contributed by atoms with Gasteiger partial charge in [0, 0.05) is 6.54 Å². The first-order valence-corrected chi connectivity index (χ1v) is 3.99. The predicted octanol–water partition coefficient (Wildman–Crippen LogP) is 0.444. The van der Waals surface area contributed by atoms with E-state index in [2.05, 4.69) is 27.5 Å². The van der Waals surface area contributed by atoms with Crippen LogP contribution in [0.2, 0.25) is 0 Å². The van der Waals surface area contributed by atoms with Gasteiger partial charge in [-0.3, -0.25) is 4.90 Å². The molecule has 1 fully saturated rings. The highest BCUT2D eigenvalue weighted by molar-refractivity contribution is 14.1. The van der Waals surface area contributed by atoms with Crippen molar-refractivity contribution < 1.29 is 5.11 Å². The van der Waals surface area contributed by atoms with Gasteiger partial charge < -0.3 is 5.11 Å². The Labute approximate surface area is 63.0 Å². The van der Waals surface area contributed by atoms with Gasteiger partial charge in [-0.25, -0.2) is 0 Å². The van der Waals surface area contributed by atoms with Gasteiger partial charge in [0.05, 0.1) is 10.2 Å². The molecule has 0 radical (unpaired) electrons. The van der Waals surface area contributed by atoms with Crippen molar-refractivity contribution in [2.45, 2.75) is 16.6 Å². The molecule has 1 aliphatic rings. The number of likely N-dealkylation sites (tertiary alicyclic amines) is 1. The molecule has 8 heavy (non-hydrogen) atoms. The van der Waals surface area contributed by atoms with Crippen molar-refractivity contribution in [2.75, 3.05) is 13.6 Å². The van der Waals surface area contributed by atoms with Crippen LogP contribution in [-0.2, 0) is 0 Å². The number of alkyl halides is 1. The summed E-state index contributed by atoms with van der Waals surface area (Å²) in [5.41, 5.74) is 0. The number of likely N-dealkylation sites (N-methyl/N-ethyl adjacent to an activating group) is 1. The second-order valence-electron chi connectivity index (χ2n) is 2.21. The van der Waals surface area contributed by atoms with E-state index in [1.807, 2.05) is 7.05 Å². The van der Waals surface area contributed by atoms with Gasteiger partial charge in [0.15, 0.2) is 0 Å². The fraction of sp³-hybridized carbons (Fsp3) is 1.00. The van der Waals surface area contributed by atoms with Crippen LogP contribution in [0.5, 0.6) is 0 Å². The van der Waals surface area contributed by atoms with E-state index in [1.54, 1.807) is 0 Å².